The Balaban J connectivity index is 1.88. The van der Waals surface area contributed by atoms with E-state index in [2.05, 4.69) is 29.0 Å². The van der Waals surface area contributed by atoms with Crippen molar-refractivity contribution in [3.8, 4) is 11.5 Å². The minimum absolute atomic E-state index is 0.0155. The SMILES string of the molecule is COc1cc(NC(=O)CN2CCN(C(C)C)CC2)cc(OC)c1. The lowest BCUT2D eigenvalue weighted by atomic mass is 10.2. The molecule has 0 atom stereocenters. The van der Waals surface area contributed by atoms with Crippen LogP contribution in [0.5, 0.6) is 11.5 Å². The lowest BCUT2D eigenvalue weighted by Crippen LogP contribution is -2.50. The zero-order chi connectivity index (χ0) is 16.8. The molecule has 0 unspecified atom stereocenters. The van der Waals surface area contributed by atoms with Crippen LogP contribution in [0.15, 0.2) is 18.2 Å². The summed E-state index contributed by atoms with van der Waals surface area (Å²) in [5.74, 6) is 1.30. The molecule has 1 aliphatic heterocycles. The molecule has 23 heavy (non-hydrogen) atoms. The molecule has 1 aromatic rings. The summed E-state index contributed by atoms with van der Waals surface area (Å²) in [5.41, 5.74) is 0.687. The average Bonchev–Trinajstić information content (AvgIpc) is 2.54. The first-order chi connectivity index (χ1) is 11.0. The number of piperazine rings is 1. The minimum atomic E-state index is -0.0155. The fourth-order valence-electron chi connectivity index (χ4n) is 2.72. The van der Waals surface area contributed by atoms with Crippen molar-refractivity contribution in [2.75, 3.05) is 52.3 Å². The summed E-state index contributed by atoms with van der Waals surface area (Å²) in [5, 5.41) is 2.92. The van der Waals surface area contributed by atoms with Gasteiger partial charge in [-0.2, -0.15) is 0 Å². The first-order valence-corrected chi connectivity index (χ1v) is 8.01. The number of nitrogens with zero attached hydrogens (tertiary/aromatic N) is 2. The fourth-order valence-corrected chi connectivity index (χ4v) is 2.72. The second-order valence-corrected chi connectivity index (χ2v) is 6.06. The second-order valence-electron chi connectivity index (χ2n) is 6.06. The molecule has 0 radical (unpaired) electrons. The van der Waals surface area contributed by atoms with Crippen LogP contribution in [0.1, 0.15) is 13.8 Å². The maximum atomic E-state index is 12.2. The van der Waals surface area contributed by atoms with Crippen molar-refractivity contribution in [1.82, 2.24) is 9.80 Å². The minimum Gasteiger partial charge on any atom is -0.497 e. The first kappa shape index (κ1) is 17.6. The van der Waals surface area contributed by atoms with E-state index in [0.717, 1.165) is 26.2 Å². The summed E-state index contributed by atoms with van der Waals surface area (Å²) in [6.07, 6.45) is 0. The highest BCUT2D eigenvalue weighted by atomic mass is 16.5. The smallest absolute Gasteiger partial charge is 0.238 e. The Morgan fingerprint density at radius 3 is 2.13 bits per heavy atom. The van der Waals surface area contributed by atoms with Crippen molar-refractivity contribution in [3.05, 3.63) is 18.2 Å². The number of hydrogen-bond acceptors (Lipinski definition) is 5. The Bertz CT molecular complexity index is 504. The fraction of sp³-hybridized carbons (Fsp3) is 0.588. The second kappa shape index (κ2) is 8.17. The van der Waals surface area contributed by atoms with E-state index >= 15 is 0 Å². The third kappa shape index (κ3) is 5.11. The van der Waals surface area contributed by atoms with Gasteiger partial charge in [0.2, 0.25) is 5.91 Å². The van der Waals surface area contributed by atoms with Gasteiger partial charge in [-0.15, -0.1) is 0 Å². The predicted octanol–water partition coefficient (Wildman–Crippen LogP) is 1.67. The van der Waals surface area contributed by atoms with Crippen LogP contribution in [0.25, 0.3) is 0 Å². The summed E-state index contributed by atoms with van der Waals surface area (Å²) in [4.78, 5) is 16.9. The number of methoxy groups -OCH3 is 2. The molecule has 0 spiro atoms. The van der Waals surface area contributed by atoms with Crippen LogP contribution < -0.4 is 14.8 Å². The van der Waals surface area contributed by atoms with Gasteiger partial charge in [-0.05, 0) is 13.8 Å². The molecule has 0 saturated carbocycles. The van der Waals surface area contributed by atoms with E-state index in [-0.39, 0.29) is 5.91 Å². The number of amides is 1. The van der Waals surface area contributed by atoms with Crippen LogP contribution in [-0.4, -0.2) is 68.7 Å². The normalized spacial score (nSPS) is 16.4. The topological polar surface area (TPSA) is 54.0 Å². The van der Waals surface area contributed by atoms with Crippen molar-refractivity contribution in [2.24, 2.45) is 0 Å². The van der Waals surface area contributed by atoms with Crippen molar-refractivity contribution < 1.29 is 14.3 Å². The van der Waals surface area contributed by atoms with Crippen LogP contribution in [-0.2, 0) is 4.79 Å². The number of hydrogen-bond donors (Lipinski definition) is 1. The molecule has 0 aliphatic carbocycles. The molecule has 1 aromatic carbocycles. The third-order valence-electron chi connectivity index (χ3n) is 4.14. The Morgan fingerprint density at radius 1 is 1.09 bits per heavy atom. The Hall–Kier alpha value is -1.79. The Morgan fingerprint density at radius 2 is 1.65 bits per heavy atom. The van der Waals surface area contributed by atoms with E-state index in [1.807, 2.05) is 0 Å². The van der Waals surface area contributed by atoms with Crippen molar-refractivity contribution in [1.29, 1.82) is 0 Å². The summed E-state index contributed by atoms with van der Waals surface area (Å²) in [6, 6.07) is 5.92. The quantitative estimate of drug-likeness (QED) is 0.864. The van der Waals surface area contributed by atoms with Gasteiger partial charge in [0, 0.05) is 56.1 Å². The molecule has 1 heterocycles. The average molecular weight is 321 g/mol. The number of benzene rings is 1. The number of carbonyl (C=O) groups is 1. The molecule has 1 N–H and O–H groups in total. The van der Waals surface area contributed by atoms with Gasteiger partial charge in [-0.1, -0.05) is 0 Å². The summed E-state index contributed by atoms with van der Waals surface area (Å²) in [6.45, 7) is 8.69. The van der Waals surface area contributed by atoms with Crippen LogP contribution in [0.2, 0.25) is 0 Å². The van der Waals surface area contributed by atoms with E-state index < -0.39 is 0 Å². The summed E-state index contributed by atoms with van der Waals surface area (Å²) < 4.78 is 10.4. The number of rotatable bonds is 6. The molecule has 0 aromatic heterocycles. The largest absolute Gasteiger partial charge is 0.497 e. The van der Waals surface area contributed by atoms with Gasteiger partial charge in [-0.25, -0.2) is 0 Å². The molecule has 0 bridgehead atoms. The van der Waals surface area contributed by atoms with Crippen molar-refractivity contribution >= 4 is 11.6 Å². The Labute approximate surface area is 138 Å². The van der Waals surface area contributed by atoms with Crippen LogP contribution in [0.3, 0.4) is 0 Å². The molecule has 2 rings (SSSR count). The van der Waals surface area contributed by atoms with Crippen molar-refractivity contribution in [2.45, 2.75) is 19.9 Å². The predicted molar refractivity (Wildman–Crippen MR) is 91.3 cm³/mol. The van der Waals surface area contributed by atoms with Crippen LogP contribution in [0.4, 0.5) is 5.69 Å². The zero-order valence-electron chi connectivity index (χ0n) is 14.5. The van der Waals surface area contributed by atoms with E-state index in [9.17, 15) is 4.79 Å². The highest BCUT2D eigenvalue weighted by molar-refractivity contribution is 5.92. The maximum absolute atomic E-state index is 12.2. The van der Waals surface area contributed by atoms with Crippen LogP contribution >= 0.6 is 0 Å². The van der Waals surface area contributed by atoms with E-state index in [4.69, 9.17) is 9.47 Å². The monoisotopic (exact) mass is 321 g/mol. The number of ether oxygens (including phenoxy) is 2. The molecular formula is C17H27N3O3. The van der Waals surface area contributed by atoms with Gasteiger partial charge in [0.15, 0.2) is 0 Å². The highest BCUT2D eigenvalue weighted by Gasteiger charge is 2.20. The molecule has 6 nitrogen and oxygen atoms in total. The maximum Gasteiger partial charge on any atom is 0.238 e. The molecule has 1 fully saturated rings. The molecule has 128 valence electrons. The van der Waals surface area contributed by atoms with E-state index in [0.29, 0.717) is 29.8 Å². The van der Waals surface area contributed by atoms with Crippen molar-refractivity contribution in [3.63, 3.8) is 0 Å². The van der Waals surface area contributed by atoms with Gasteiger partial charge < -0.3 is 14.8 Å². The standard InChI is InChI=1S/C17H27N3O3/c1-13(2)20-7-5-19(6-8-20)12-17(21)18-14-9-15(22-3)11-16(10-14)23-4/h9-11,13H,5-8,12H2,1-4H3,(H,18,21). The van der Waals surface area contributed by atoms with Gasteiger partial charge in [0.1, 0.15) is 11.5 Å². The number of nitrogens with one attached hydrogen (secondary N) is 1. The van der Waals surface area contributed by atoms with Gasteiger partial charge in [-0.3, -0.25) is 14.6 Å². The number of anilines is 1. The molecule has 1 amide bonds. The molecule has 1 saturated heterocycles. The van der Waals surface area contributed by atoms with Crippen LogP contribution in [0, 0.1) is 0 Å². The lowest BCUT2D eigenvalue weighted by molar-refractivity contribution is -0.117. The van der Waals surface area contributed by atoms with Gasteiger partial charge in [0.25, 0.3) is 0 Å². The molecule has 6 heteroatoms. The van der Waals surface area contributed by atoms with Gasteiger partial charge in [0.05, 0.1) is 20.8 Å². The van der Waals surface area contributed by atoms with Gasteiger partial charge >= 0.3 is 0 Å². The summed E-state index contributed by atoms with van der Waals surface area (Å²) >= 11 is 0. The molecular weight excluding hydrogens is 294 g/mol. The number of carbonyl (C=O) groups excluding carboxylic acids is 1. The summed E-state index contributed by atoms with van der Waals surface area (Å²) in [7, 11) is 3.18. The van der Waals surface area contributed by atoms with E-state index in [1.54, 1.807) is 32.4 Å². The first-order valence-electron chi connectivity index (χ1n) is 8.01. The zero-order valence-corrected chi connectivity index (χ0v) is 14.5. The van der Waals surface area contributed by atoms with E-state index in [1.165, 1.54) is 0 Å². The third-order valence-corrected chi connectivity index (χ3v) is 4.14. The highest BCUT2D eigenvalue weighted by Crippen LogP contribution is 2.25. The Kier molecular flexibility index (Phi) is 6.24. The molecule has 1 aliphatic rings. The lowest BCUT2D eigenvalue weighted by Gasteiger charge is -2.36.